The molecule has 0 saturated heterocycles. The van der Waals surface area contributed by atoms with Crippen LogP contribution in [0.15, 0.2) is 53.8 Å². The molecule has 0 atom stereocenters. The van der Waals surface area contributed by atoms with E-state index in [2.05, 4.69) is 32.7 Å². The third-order valence-corrected chi connectivity index (χ3v) is 6.46. The largest absolute Gasteiger partial charge is 0.276 e. The van der Waals surface area contributed by atoms with Gasteiger partial charge in [-0.15, -0.1) is 21.5 Å². The molecular weight excluding hydrogens is 390 g/mol. The number of halogens is 1. The van der Waals surface area contributed by atoms with Crippen LogP contribution in [0.25, 0.3) is 15.4 Å². The summed E-state index contributed by atoms with van der Waals surface area (Å²) in [6.07, 6.45) is 3.69. The maximum atomic E-state index is 6.11. The van der Waals surface area contributed by atoms with Crippen molar-refractivity contribution in [3.8, 4) is 15.4 Å². The van der Waals surface area contributed by atoms with Crippen molar-refractivity contribution < 1.29 is 0 Å². The Morgan fingerprint density at radius 3 is 2.61 bits per heavy atom. The molecule has 138 valence electrons. The highest BCUT2D eigenvalue weighted by molar-refractivity contribution is 7.18. The number of pyridine rings is 1. The summed E-state index contributed by atoms with van der Waals surface area (Å²) in [5.74, 6) is 1.71. The Kier molecular flexibility index (Phi) is 4.10. The van der Waals surface area contributed by atoms with Gasteiger partial charge < -0.3 is 0 Å². The maximum absolute atomic E-state index is 6.11. The Labute approximate surface area is 171 Å². The van der Waals surface area contributed by atoms with Crippen LogP contribution in [-0.4, -0.2) is 25.5 Å². The molecule has 28 heavy (non-hydrogen) atoms. The third-order valence-electron chi connectivity index (χ3n) is 4.88. The Morgan fingerprint density at radius 1 is 1.04 bits per heavy atom. The lowest BCUT2D eigenvalue weighted by molar-refractivity contribution is 0.869. The third kappa shape index (κ3) is 2.68. The molecule has 4 heterocycles. The van der Waals surface area contributed by atoms with E-state index < -0.39 is 0 Å². The fourth-order valence-electron chi connectivity index (χ4n) is 3.55. The van der Waals surface area contributed by atoms with Gasteiger partial charge in [-0.25, -0.2) is 0 Å². The van der Waals surface area contributed by atoms with Gasteiger partial charge in [-0.3, -0.25) is 14.5 Å². The highest BCUT2D eigenvalue weighted by Crippen LogP contribution is 2.41. The SMILES string of the molecule is Cc1c(-c2cccnc2)sc2c1C(c1ccc(Cl)cc1)=NCc1nnc(C)n1-2. The second-order valence-electron chi connectivity index (χ2n) is 6.65. The van der Waals surface area contributed by atoms with Crippen molar-refractivity contribution in [2.24, 2.45) is 4.99 Å². The number of aliphatic imine (C=N–C) groups is 1. The molecule has 5 rings (SSSR count). The summed E-state index contributed by atoms with van der Waals surface area (Å²) < 4.78 is 2.12. The summed E-state index contributed by atoms with van der Waals surface area (Å²) in [5, 5.41) is 10.4. The van der Waals surface area contributed by atoms with Crippen molar-refractivity contribution in [2.75, 3.05) is 0 Å². The number of rotatable bonds is 2. The topological polar surface area (TPSA) is 56.0 Å². The molecule has 5 nitrogen and oxygen atoms in total. The monoisotopic (exact) mass is 405 g/mol. The fraction of sp³-hybridized carbons (Fsp3) is 0.143. The first-order valence-corrected chi connectivity index (χ1v) is 10.1. The van der Waals surface area contributed by atoms with E-state index >= 15 is 0 Å². The maximum Gasteiger partial charge on any atom is 0.160 e. The zero-order valence-corrected chi connectivity index (χ0v) is 16.9. The average molecular weight is 406 g/mol. The van der Waals surface area contributed by atoms with Crippen LogP contribution in [0.1, 0.15) is 28.3 Å². The normalized spacial score (nSPS) is 12.9. The lowest BCUT2D eigenvalue weighted by Crippen LogP contribution is -2.07. The molecule has 7 heteroatoms. The van der Waals surface area contributed by atoms with Gasteiger partial charge in [0.25, 0.3) is 0 Å². The number of hydrogen-bond donors (Lipinski definition) is 0. The lowest BCUT2D eigenvalue weighted by Gasteiger charge is -2.09. The Bertz CT molecular complexity index is 1210. The molecule has 0 saturated carbocycles. The number of hydrogen-bond acceptors (Lipinski definition) is 5. The highest BCUT2D eigenvalue weighted by Gasteiger charge is 2.27. The van der Waals surface area contributed by atoms with E-state index in [-0.39, 0.29) is 0 Å². The summed E-state index contributed by atoms with van der Waals surface area (Å²) >= 11 is 7.84. The van der Waals surface area contributed by atoms with Gasteiger partial charge >= 0.3 is 0 Å². The van der Waals surface area contributed by atoms with Crippen LogP contribution >= 0.6 is 22.9 Å². The van der Waals surface area contributed by atoms with Gasteiger partial charge in [-0.1, -0.05) is 29.8 Å². The standard InChI is InChI=1S/C21H16ClN5S/c1-12-18-19(14-5-7-16(22)8-6-14)24-11-17-26-25-13(2)27(17)21(18)28-20(12)15-4-3-9-23-10-15/h3-10H,11H2,1-2H3. The summed E-state index contributed by atoms with van der Waals surface area (Å²) in [7, 11) is 0. The Balaban J connectivity index is 1.80. The second kappa shape index (κ2) is 6.65. The number of benzene rings is 1. The van der Waals surface area contributed by atoms with Crippen molar-refractivity contribution in [3.05, 3.63) is 82.2 Å². The molecule has 0 unspecified atom stereocenters. The smallest absolute Gasteiger partial charge is 0.160 e. The number of aromatic nitrogens is 4. The van der Waals surface area contributed by atoms with E-state index in [1.54, 1.807) is 17.5 Å². The molecule has 0 fully saturated rings. The van der Waals surface area contributed by atoms with E-state index in [0.29, 0.717) is 11.6 Å². The van der Waals surface area contributed by atoms with Gasteiger partial charge in [0.05, 0.1) is 5.71 Å². The Hall–Kier alpha value is -2.83. The molecule has 3 aromatic heterocycles. The summed E-state index contributed by atoms with van der Waals surface area (Å²) in [5.41, 5.74) is 5.40. The van der Waals surface area contributed by atoms with Crippen LogP contribution in [0.4, 0.5) is 0 Å². The number of fused-ring (bicyclic) bond motifs is 3. The fourth-order valence-corrected chi connectivity index (χ4v) is 5.05. The van der Waals surface area contributed by atoms with Crippen LogP contribution in [0.3, 0.4) is 0 Å². The van der Waals surface area contributed by atoms with E-state index in [9.17, 15) is 0 Å². The number of thiophene rings is 1. The Morgan fingerprint density at radius 2 is 1.86 bits per heavy atom. The predicted molar refractivity (Wildman–Crippen MR) is 113 cm³/mol. The van der Waals surface area contributed by atoms with Crippen LogP contribution in [0, 0.1) is 13.8 Å². The van der Waals surface area contributed by atoms with E-state index in [1.807, 2.05) is 43.5 Å². The van der Waals surface area contributed by atoms with E-state index in [4.69, 9.17) is 16.6 Å². The van der Waals surface area contributed by atoms with Gasteiger partial charge in [-0.2, -0.15) is 0 Å². The molecule has 0 aliphatic carbocycles. The van der Waals surface area contributed by atoms with Gasteiger partial charge in [0.2, 0.25) is 0 Å². The van der Waals surface area contributed by atoms with E-state index in [0.717, 1.165) is 39.1 Å². The lowest BCUT2D eigenvalue weighted by atomic mass is 9.98. The minimum absolute atomic E-state index is 0.488. The minimum Gasteiger partial charge on any atom is -0.276 e. The van der Waals surface area contributed by atoms with E-state index in [1.165, 1.54) is 10.4 Å². The zero-order valence-electron chi connectivity index (χ0n) is 15.3. The van der Waals surface area contributed by atoms with Gasteiger partial charge in [0, 0.05) is 39.0 Å². The van der Waals surface area contributed by atoms with Crippen LogP contribution in [0.2, 0.25) is 5.02 Å². The molecule has 1 aliphatic heterocycles. The van der Waals surface area contributed by atoms with Gasteiger partial charge in [-0.05, 0) is 37.6 Å². The number of nitrogens with zero attached hydrogens (tertiary/aromatic N) is 5. The van der Waals surface area contributed by atoms with Crippen molar-refractivity contribution in [1.29, 1.82) is 0 Å². The van der Waals surface area contributed by atoms with Gasteiger partial charge in [0.1, 0.15) is 17.4 Å². The molecular formula is C21H16ClN5S. The van der Waals surface area contributed by atoms with Crippen LogP contribution in [0.5, 0.6) is 0 Å². The van der Waals surface area contributed by atoms with Crippen LogP contribution in [-0.2, 0) is 6.54 Å². The zero-order chi connectivity index (χ0) is 19.3. The summed E-state index contributed by atoms with van der Waals surface area (Å²) in [4.78, 5) is 10.4. The van der Waals surface area contributed by atoms with Crippen LogP contribution < -0.4 is 0 Å². The highest BCUT2D eigenvalue weighted by atomic mass is 35.5. The predicted octanol–water partition coefficient (Wildman–Crippen LogP) is 5.01. The molecule has 0 amide bonds. The molecule has 1 aliphatic rings. The molecule has 4 aromatic rings. The molecule has 0 bridgehead atoms. The van der Waals surface area contributed by atoms with Gasteiger partial charge in [0.15, 0.2) is 5.82 Å². The molecule has 0 N–H and O–H groups in total. The molecule has 0 spiro atoms. The summed E-state index contributed by atoms with van der Waals surface area (Å²) in [6.45, 7) is 4.61. The quantitative estimate of drug-likeness (QED) is 0.471. The number of aryl methyl sites for hydroxylation is 1. The first kappa shape index (κ1) is 17.3. The average Bonchev–Trinajstić information content (AvgIpc) is 3.18. The van der Waals surface area contributed by atoms with Crippen molar-refractivity contribution in [1.82, 2.24) is 19.7 Å². The van der Waals surface area contributed by atoms with Crippen molar-refractivity contribution in [3.63, 3.8) is 0 Å². The molecule has 0 radical (unpaired) electrons. The minimum atomic E-state index is 0.488. The first-order chi connectivity index (χ1) is 13.6. The second-order valence-corrected chi connectivity index (χ2v) is 8.08. The van der Waals surface area contributed by atoms with Crippen molar-refractivity contribution >= 4 is 28.6 Å². The first-order valence-electron chi connectivity index (χ1n) is 8.89. The summed E-state index contributed by atoms with van der Waals surface area (Å²) in [6, 6.07) is 11.9. The van der Waals surface area contributed by atoms with Crippen molar-refractivity contribution in [2.45, 2.75) is 20.4 Å². The molecule has 1 aromatic carbocycles.